The Bertz CT molecular complexity index is 803. The van der Waals surface area contributed by atoms with Crippen molar-refractivity contribution >= 4 is 12.1 Å². The Balaban J connectivity index is 1.57. The van der Waals surface area contributed by atoms with Crippen LogP contribution in [0.2, 0.25) is 0 Å². The molecule has 1 fully saturated rings. The van der Waals surface area contributed by atoms with Crippen LogP contribution in [0.5, 0.6) is 11.5 Å². The average molecular weight is 419 g/mol. The first kappa shape index (κ1) is 22.1. The summed E-state index contributed by atoms with van der Waals surface area (Å²) in [6, 6.07) is 4.15. The van der Waals surface area contributed by atoms with Crippen LogP contribution in [0.15, 0.2) is 17.1 Å². The van der Waals surface area contributed by atoms with E-state index in [0.717, 1.165) is 42.4 Å². The van der Waals surface area contributed by atoms with E-state index >= 15 is 0 Å². The second kappa shape index (κ2) is 9.02. The van der Waals surface area contributed by atoms with Crippen LogP contribution in [0.3, 0.4) is 0 Å². The number of guanidine groups is 1. The molecule has 2 aliphatic heterocycles. The zero-order valence-electron chi connectivity index (χ0n) is 18.9. The summed E-state index contributed by atoms with van der Waals surface area (Å²) < 4.78 is 16.8. The highest BCUT2D eigenvalue weighted by molar-refractivity contribution is 5.80. The predicted octanol–water partition coefficient (Wildman–Crippen LogP) is 2.69. The molecule has 0 aromatic heterocycles. The topological polar surface area (TPSA) is 84.4 Å². The number of aliphatic imine (C=N–C) groups is 1. The van der Waals surface area contributed by atoms with Crippen molar-refractivity contribution in [2.45, 2.75) is 64.8 Å². The van der Waals surface area contributed by atoms with E-state index in [9.17, 15) is 4.79 Å². The summed E-state index contributed by atoms with van der Waals surface area (Å²) in [6.45, 7) is 9.71. The third-order valence-corrected chi connectivity index (χ3v) is 5.16. The zero-order chi connectivity index (χ0) is 21.9. The molecular formula is C22H34N4O4. The SMILES string of the molecule is CN=C(NCc1cc2c(cc1OC)CC(C)O2)N1CCC(NC(=O)OC(C)(C)C)C1. The van der Waals surface area contributed by atoms with Crippen LogP contribution in [0, 0.1) is 0 Å². The van der Waals surface area contributed by atoms with E-state index in [2.05, 4.69) is 39.6 Å². The van der Waals surface area contributed by atoms with Crippen LogP contribution in [0.25, 0.3) is 0 Å². The van der Waals surface area contributed by atoms with Gasteiger partial charge in [0.15, 0.2) is 5.96 Å². The van der Waals surface area contributed by atoms with Crippen LogP contribution < -0.4 is 20.1 Å². The van der Waals surface area contributed by atoms with Crippen LogP contribution in [0.1, 0.15) is 45.2 Å². The number of rotatable bonds is 4. The maximum absolute atomic E-state index is 12.0. The minimum Gasteiger partial charge on any atom is -0.496 e. The van der Waals surface area contributed by atoms with E-state index in [0.29, 0.717) is 13.1 Å². The first-order valence-electron chi connectivity index (χ1n) is 10.5. The van der Waals surface area contributed by atoms with Gasteiger partial charge in [-0.3, -0.25) is 4.99 Å². The van der Waals surface area contributed by atoms with Crippen molar-refractivity contribution in [3.05, 3.63) is 23.3 Å². The largest absolute Gasteiger partial charge is 0.496 e. The number of benzene rings is 1. The van der Waals surface area contributed by atoms with E-state index in [1.807, 2.05) is 20.8 Å². The quantitative estimate of drug-likeness (QED) is 0.578. The Morgan fingerprint density at radius 3 is 2.80 bits per heavy atom. The number of ether oxygens (including phenoxy) is 3. The van der Waals surface area contributed by atoms with Crippen LogP contribution in [0.4, 0.5) is 4.79 Å². The predicted molar refractivity (Wildman–Crippen MR) is 116 cm³/mol. The molecule has 30 heavy (non-hydrogen) atoms. The lowest BCUT2D eigenvalue weighted by Crippen LogP contribution is -2.44. The summed E-state index contributed by atoms with van der Waals surface area (Å²) in [7, 11) is 3.45. The van der Waals surface area contributed by atoms with E-state index in [-0.39, 0.29) is 18.2 Å². The van der Waals surface area contributed by atoms with Crippen molar-refractivity contribution in [1.82, 2.24) is 15.5 Å². The second-order valence-corrected chi connectivity index (χ2v) is 8.88. The molecule has 8 nitrogen and oxygen atoms in total. The van der Waals surface area contributed by atoms with Gasteiger partial charge in [-0.25, -0.2) is 4.79 Å². The molecule has 166 valence electrons. The van der Waals surface area contributed by atoms with Gasteiger partial charge >= 0.3 is 6.09 Å². The van der Waals surface area contributed by atoms with Gasteiger partial charge in [-0.15, -0.1) is 0 Å². The number of carbonyl (C=O) groups is 1. The monoisotopic (exact) mass is 418 g/mol. The van der Waals surface area contributed by atoms with Gasteiger partial charge in [-0.05, 0) is 46.2 Å². The summed E-state index contributed by atoms with van der Waals surface area (Å²) in [4.78, 5) is 18.6. The lowest BCUT2D eigenvalue weighted by molar-refractivity contribution is 0.0507. The molecule has 1 aromatic rings. The highest BCUT2D eigenvalue weighted by Gasteiger charge is 2.28. The Kier molecular flexibility index (Phi) is 6.63. The Hall–Kier alpha value is -2.64. The molecule has 2 atom stereocenters. The van der Waals surface area contributed by atoms with Crippen molar-refractivity contribution in [2.75, 3.05) is 27.2 Å². The molecule has 2 N–H and O–H groups in total. The van der Waals surface area contributed by atoms with E-state index in [4.69, 9.17) is 14.2 Å². The fraction of sp³-hybridized carbons (Fsp3) is 0.636. The first-order valence-corrected chi connectivity index (χ1v) is 10.5. The molecule has 8 heteroatoms. The number of hydrogen-bond donors (Lipinski definition) is 2. The second-order valence-electron chi connectivity index (χ2n) is 8.88. The fourth-order valence-electron chi connectivity index (χ4n) is 3.86. The molecule has 1 aromatic carbocycles. The van der Waals surface area contributed by atoms with Crippen LogP contribution in [-0.4, -0.2) is 61.9 Å². The highest BCUT2D eigenvalue weighted by Crippen LogP contribution is 2.35. The van der Waals surface area contributed by atoms with Gasteiger partial charge in [-0.2, -0.15) is 0 Å². The Morgan fingerprint density at radius 1 is 1.37 bits per heavy atom. The molecule has 1 saturated heterocycles. The van der Waals surface area contributed by atoms with Crippen molar-refractivity contribution in [3.63, 3.8) is 0 Å². The van der Waals surface area contributed by atoms with Gasteiger partial charge in [0.05, 0.1) is 13.2 Å². The molecule has 0 bridgehead atoms. The van der Waals surface area contributed by atoms with Gasteiger partial charge in [0.25, 0.3) is 0 Å². The van der Waals surface area contributed by atoms with Crippen LogP contribution in [-0.2, 0) is 17.7 Å². The third-order valence-electron chi connectivity index (χ3n) is 5.16. The van der Waals surface area contributed by atoms with E-state index in [1.165, 1.54) is 5.56 Å². The third kappa shape index (κ3) is 5.49. The van der Waals surface area contributed by atoms with Gasteiger partial charge < -0.3 is 29.7 Å². The minimum atomic E-state index is -0.504. The standard InChI is InChI=1S/C22H34N4O4/c1-14-9-15-10-18(28-6)16(11-19(15)29-14)12-24-20(23-5)26-8-7-17(13-26)25-21(27)30-22(2,3)4/h10-11,14,17H,7-9,12-13H2,1-6H3,(H,23,24)(H,25,27). The number of likely N-dealkylation sites (tertiary alicyclic amines) is 1. The molecule has 0 spiro atoms. The molecule has 0 saturated carbocycles. The number of fused-ring (bicyclic) bond motifs is 1. The molecule has 0 radical (unpaired) electrons. The summed E-state index contributed by atoms with van der Waals surface area (Å²) in [6.07, 6.45) is 1.56. The molecule has 0 aliphatic carbocycles. The van der Waals surface area contributed by atoms with Gasteiger partial charge in [-0.1, -0.05) is 0 Å². The highest BCUT2D eigenvalue weighted by atomic mass is 16.6. The first-order chi connectivity index (χ1) is 14.2. The zero-order valence-corrected chi connectivity index (χ0v) is 18.9. The molecule has 2 aliphatic rings. The summed E-state index contributed by atoms with van der Waals surface area (Å²) in [5.41, 5.74) is 1.70. The van der Waals surface area contributed by atoms with E-state index < -0.39 is 5.60 Å². The molecule has 1 amide bonds. The molecular weight excluding hydrogens is 384 g/mol. The number of carbonyl (C=O) groups excluding carboxylic acids is 1. The van der Waals surface area contributed by atoms with Crippen molar-refractivity contribution in [3.8, 4) is 11.5 Å². The summed E-state index contributed by atoms with van der Waals surface area (Å²) in [5, 5.41) is 6.36. The van der Waals surface area contributed by atoms with Gasteiger partial charge in [0, 0.05) is 44.2 Å². The number of nitrogens with zero attached hydrogens (tertiary/aromatic N) is 2. The lowest BCUT2D eigenvalue weighted by atomic mass is 10.1. The maximum Gasteiger partial charge on any atom is 0.407 e. The molecule has 2 heterocycles. The Morgan fingerprint density at radius 2 is 2.13 bits per heavy atom. The minimum absolute atomic E-state index is 0.0304. The normalized spacial score (nSPS) is 21.1. The van der Waals surface area contributed by atoms with Crippen molar-refractivity contribution in [2.24, 2.45) is 4.99 Å². The van der Waals surface area contributed by atoms with Crippen LogP contribution >= 0.6 is 0 Å². The van der Waals surface area contributed by atoms with Crippen molar-refractivity contribution in [1.29, 1.82) is 0 Å². The number of hydrogen-bond acceptors (Lipinski definition) is 5. The number of nitrogens with one attached hydrogen (secondary N) is 2. The molecule has 3 rings (SSSR count). The number of alkyl carbamates (subject to hydrolysis) is 1. The average Bonchev–Trinajstić information content (AvgIpc) is 3.25. The van der Waals surface area contributed by atoms with Gasteiger partial charge in [0.2, 0.25) is 0 Å². The fourth-order valence-corrected chi connectivity index (χ4v) is 3.86. The Labute approximate surface area is 179 Å². The summed E-state index contributed by atoms with van der Waals surface area (Å²) in [5.74, 6) is 2.57. The van der Waals surface area contributed by atoms with Crippen molar-refractivity contribution < 1.29 is 19.0 Å². The number of amides is 1. The number of methoxy groups -OCH3 is 1. The smallest absolute Gasteiger partial charge is 0.407 e. The van der Waals surface area contributed by atoms with E-state index in [1.54, 1.807) is 14.2 Å². The summed E-state index contributed by atoms with van der Waals surface area (Å²) >= 11 is 0. The lowest BCUT2D eigenvalue weighted by Gasteiger charge is -2.23. The molecule has 2 unspecified atom stereocenters. The maximum atomic E-state index is 12.0. The van der Waals surface area contributed by atoms with Gasteiger partial charge in [0.1, 0.15) is 23.2 Å².